The number of anilines is 2. The Morgan fingerprint density at radius 3 is 2.46 bits per heavy atom. The lowest BCUT2D eigenvalue weighted by molar-refractivity contribution is 0.0308. The van der Waals surface area contributed by atoms with Crippen molar-refractivity contribution in [2.75, 3.05) is 17.7 Å². The largest absolute Gasteiger partial charge is 0.491 e. The Morgan fingerprint density at radius 1 is 1.05 bits per heavy atom. The summed E-state index contributed by atoms with van der Waals surface area (Å²) in [6.07, 6.45) is 5.21. The standard InChI is InChI=1S/C30H39N5O5S/c1-29(2)19-30(3,37)15-6-4-5-7-16-40-26-21(17-31)9-8-10-23(26)35-28(36)25-27(32)33-18-24(34-25)20-11-13-22(14-12-20)41(29,38)39/h8-14,18,37H,4-7,15-17,19,31H2,1-3H3,(H2,32,33)(H,35,36). The number of amides is 1. The number of sulfone groups is 1. The summed E-state index contributed by atoms with van der Waals surface area (Å²) in [5, 5.41) is 13.9. The van der Waals surface area contributed by atoms with Gasteiger partial charge in [-0.15, -0.1) is 0 Å². The first kappa shape index (κ1) is 30.4. The Bertz CT molecular complexity index is 1500. The Kier molecular flexibility index (Phi) is 9.00. The molecule has 0 aliphatic carbocycles. The van der Waals surface area contributed by atoms with Crippen LogP contribution in [0, 0.1) is 0 Å². The van der Waals surface area contributed by atoms with Crippen LogP contribution in [-0.2, 0) is 16.4 Å². The van der Waals surface area contributed by atoms with Gasteiger partial charge in [0.2, 0.25) is 0 Å². The zero-order valence-corrected chi connectivity index (χ0v) is 24.6. The van der Waals surface area contributed by atoms with Crippen LogP contribution in [0.3, 0.4) is 0 Å². The maximum Gasteiger partial charge on any atom is 0.278 e. The summed E-state index contributed by atoms with van der Waals surface area (Å²) in [5.41, 5.74) is 12.9. The smallest absolute Gasteiger partial charge is 0.278 e. The van der Waals surface area contributed by atoms with Crippen LogP contribution < -0.4 is 21.5 Å². The number of rotatable bonds is 1. The Labute approximate surface area is 241 Å². The summed E-state index contributed by atoms with van der Waals surface area (Å²) in [4.78, 5) is 22.0. The van der Waals surface area contributed by atoms with Crippen molar-refractivity contribution < 1.29 is 23.1 Å². The first-order chi connectivity index (χ1) is 19.3. The molecule has 41 heavy (non-hydrogen) atoms. The molecule has 2 aromatic carbocycles. The summed E-state index contributed by atoms with van der Waals surface area (Å²) in [6.45, 7) is 5.63. The highest BCUT2D eigenvalue weighted by Crippen LogP contribution is 2.36. The van der Waals surface area contributed by atoms with Crippen molar-refractivity contribution in [2.24, 2.45) is 5.73 Å². The van der Waals surface area contributed by atoms with Gasteiger partial charge in [-0.2, -0.15) is 0 Å². The highest BCUT2D eigenvalue weighted by atomic mass is 32.2. The van der Waals surface area contributed by atoms with Crippen molar-refractivity contribution in [1.29, 1.82) is 0 Å². The number of hydrogen-bond acceptors (Lipinski definition) is 9. The van der Waals surface area contributed by atoms with Crippen molar-refractivity contribution in [2.45, 2.75) is 81.1 Å². The molecule has 2 aliphatic heterocycles. The van der Waals surface area contributed by atoms with E-state index in [1.54, 1.807) is 45.0 Å². The number of fused-ring (bicyclic) bond motifs is 13. The fourth-order valence-corrected chi connectivity index (χ4v) is 6.89. The molecule has 4 bridgehead atoms. The number of nitrogens with two attached hydrogens (primary N) is 2. The van der Waals surface area contributed by atoms with Crippen molar-refractivity contribution in [3.05, 3.63) is 59.9 Å². The van der Waals surface area contributed by atoms with Crippen molar-refractivity contribution in [3.63, 3.8) is 0 Å². The predicted molar refractivity (Wildman–Crippen MR) is 159 cm³/mol. The molecule has 11 heteroatoms. The fourth-order valence-electron chi connectivity index (χ4n) is 5.26. The number of ether oxygens (including phenoxy) is 1. The first-order valence-electron chi connectivity index (χ1n) is 13.8. The van der Waals surface area contributed by atoms with E-state index in [4.69, 9.17) is 16.2 Å². The minimum Gasteiger partial charge on any atom is -0.491 e. The average Bonchev–Trinajstić information content (AvgIpc) is 2.92. The number of nitrogens with one attached hydrogen (secondary N) is 1. The highest BCUT2D eigenvalue weighted by Gasteiger charge is 2.41. The van der Waals surface area contributed by atoms with E-state index in [9.17, 15) is 18.3 Å². The SMILES string of the molecule is CC1(O)CCCCCCOc2c(CN)cccc2NC(=O)c2nc(cnc2N)-c2ccc(cc2)S(=O)(=O)C(C)(C)C1. The Balaban J connectivity index is 1.73. The first-order valence-corrected chi connectivity index (χ1v) is 15.3. The molecule has 2 aliphatic rings. The lowest BCUT2D eigenvalue weighted by atomic mass is 9.88. The second kappa shape index (κ2) is 12.1. The number of carbonyl (C=O) groups excluding carboxylic acids is 1. The van der Waals surface area contributed by atoms with E-state index < -0.39 is 26.1 Å². The number of carbonyl (C=O) groups is 1. The van der Waals surface area contributed by atoms with Gasteiger partial charge in [0.05, 0.1) is 39.4 Å². The summed E-state index contributed by atoms with van der Waals surface area (Å²) in [6, 6.07) is 11.6. The minimum absolute atomic E-state index is 0.0499. The van der Waals surface area contributed by atoms with Gasteiger partial charge in [0.25, 0.3) is 5.91 Å². The fraction of sp³-hybridized carbons (Fsp3) is 0.433. The number of nitrogen functional groups attached to an aromatic ring is 1. The predicted octanol–water partition coefficient (Wildman–Crippen LogP) is 4.47. The molecule has 0 spiro atoms. The molecule has 5 rings (SSSR count). The molecule has 1 atom stereocenters. The zero-order valence-electron chi connectivity index (χ0n) is 23.8. The number of para-hydroxylation sites is 1. The van der Waals surface area contributed by atoms with Gasteiger partial charge in [0.15, 0.2) is 21.3 Å². The van der Waals surface area contributed by atoms with Crippen LogP contribution in [0.2, 0.25) is 0 Å². The second-order valence-corrected chi connectivity index (χ2v) is 14.0. The summed E-state index contributed by atoms with van der Waals surface area (Å²) in [5.74, 6) is -0.118. The minimum atomic E-state index is -3.78. The highest BCUT2D eigenvalue weighted by molar-refractivity contribution is 7.92. The van der Waals surface area contributed by atoms with Crippen LogP contribution in [0.15, 0.2) is 53.6 Å². The lowest BCUT2D eigenvalue weighted by Crippen LogP contribution is -2.41. The third kappa shape index (κ3) is 6.86. The monoisotopic (exact) mass is 581 g/mol. The maximum atomic E-state index is 13.6. The maximum absolute atomic E-state index is 13.6. The van der Waals surface area contributed by atoms with Crippen molar-refractivity contribution in [1.82, 2.24) is 9.97 Å². The van der Waals surface area contributed by atoms with Gasteiger partial charge in [0, 0.05) is 17.7 Å². The molecule has 0 saturated heterocycles. The van der Waals surface area contributed by atoms with Gasteiger partial charge in [-0.05, 0) is 58.2 Å². The lowest BCUT2D eigenvalue weighted by Gasteiger charge is -2.33. The van der Waals surface area contributed by atoms with E-state index in [0.29, 0.717) is 35.7 Å². The van der Waals surface area contributed by atoms with Gasteiger partial charge in [-0.1, -0.05) is 43.5 Å². The van der Waals surface area contributed by atoms with Crippen LogP contribution in [0.4, 0.5) is 11.5 Å². The van der Waals surface area contributed by atoms with E-state index in [-0.39, 0.29) is 29.4 Å². The third-order valence-electron chi connectivity index (χ3n) is 7.43. The molecule has 1 aromatic heterocycles. The van der Waals surface area contributed by atoms with Gasteiger partial charge in [0.1, 0.15) is 5.75 Å². The van der Waals surface area contributed by atoms with E-state index >= 15 is 0 Å². The van der Waals surface area contributed by atoms with Crippen LogP contribution in [0.25, 0.3) is 11.3 Å². The zero-order chi connectivity index (χ0) is 29.8. The molecule has 6 N–H and O–H groups in total. The topological polar surface area (TPSA) is 171 Å². The second-order valence-electron chi connectivity index (χ2n) is 11.4. The van der Waals surface area contributed by atoms with Gasteiger partial charge < -0.3 is 26.6 Å². The van der Waals surface area contributed by atoms with Crippen molar-refractivity contribution in [3.8, 4) is 17.0 Å². The van der Waals surface area contributed by atoms with E-state index in [1.807, 2.05) is 6.07 Å². The number of hydrogen-bond donors (Lipinski definition) is 4. The number of nitrogens with zero attached hydrogens (tertiary/aromatic N) is 2. The van der Waals surface area contributed by atoms with Crippen LogP contribution in [-0.4, -0.2) is 46.4 Å². The third-order valence-corrected chi connectivity index (χ3v) is 9.92. The van der Waals surface area contributed by atoms with Gasteiger partial charge in [-0.25, -0.2) is 18.4 Å². The summed E-state index contributed by atoms with van der Waals surface area (Å²) in [7, 11) is -3.78. The Hall–Kier alpha value is -3.54. The number of benzene rings is 2. The molecule has 0 radical (unpaired) electrons. The van der Waals surface area contributed by atoms with Crippen LogP contribution >= 0.6 is 0 Å². The normalized spacial score (nSPS) is 21.4. The summed E-state index contributed by atoms with van der Waals surface area (Å²) < 4.78 is 32.0. The van der Waals surface area contributed by atoms with E-state index in [1.165, 1.54) is 18.3 Å². The van der Waals surface area contributed by atoms with Crippen LogP contribution in [0.1, 0.15) is 75.3 Å². The molecule has 0 saturated carbocycles. The Morgan fingerprint density at radius 2 is 1.76 bits per heavy atom. The molecule has 10 nitrogen and oxygen atoms in total. The molecule has 1 amide bonds. The van der Waals surface area contributed by atoms with Gasteiger partial charge in [-0.3, -0.25) is 4.79 Å². The van der Waals surface area contributed by atoms with E-state index in [2.05, 4.69) is 15.3 Å². The number of aliphatic hydroxyl groups is 1. The van der Waals surface area contributed by atoms with Gasteiger partial charge >= 0.3 is 0 Å². The van der Waals surface area contributed by atoms with Crippen LogP contribution in [0.5, 0.6) is 5.75 Å². The number of aromatic nitrogens is 2. The molecule has 3 aromatic rings. The molecule has 3 heterocycles. The molecular weight excluding hydrogens is 542 g/mol. The molecular formula is C30H39N5O5S. The van der Waals surface area contributed by atoms with E-state index in [0.717, 1.165) is 31.2 Å². The molecule has 0 fully saturated rings. The average molecular weight is 582 g/mol. The quantitative estimate of drug-likeness (QED) is 0.324. The van der Waals surface area contributed by atoms with Crippen molar-refractivity contribution >= 4 is 27.2 Å². The molecule has 1 unspecified atom stereocenters. The molecule has 220 valence electrons. The summed E-state index contributed by atoms with van der Waals surface area (Å²) >= 11 is 0.